The summed E-state index contributed by atoms with van der Waals surface area (Å²) in [6.45, 7) is 2.10. The van der Waals surface area contributed by atoms with Crippen molar-refractivity contribution in [3.05, 3.63) is 18.1 Å². The van der Waals surface area contributed by atoms with Crippen molar-refractivity contribution in [2.24, 2.45) is 5.84 Å². The molecular weight excluding hydrogens is 180 g/mol. The first-order valence-corrected chi connectivity index (χ1v) is 4.63. The maximum Gasteiger partial charge on any atom is 0.216 e. The van der Waals surface area contributed by atoms with Crippen molar-refractivity contribution in [2.75, 3.05) is 7.11 Å². The van der Waals surface area contributed by atoms with Crippen molar-refractivity contribution >= 4 is 0 Å². The van der Waals surface area contributed by atoms with E-state index in [1.165, 1.54) is 6.33 Å². The SMILES string of the molecule is CCCC(NN)c1cc(OC)ncn1. The summed E-state index contributed by atoms with van der Waals surface area (Å²) in [4.78, 5) is 8.08. The number of hydrogen-bond donors (Lipinski definition) is 2. The lowest BCUT2D eigenvalue weighted by Crippen LogP contribution is -2.28. The number of nitrogens with two attached hydrogens (primary N) is 1. The highest BCUT2D eigenvalue weighted by atomic mass is 16.5. The Hall–Kier alpha value is -1.20. The maximum atomic E-state index is 5.43. The zero-order valence-corrected chi connectivity index (χ0v) is 8.53. The Labute approximate surface area is 83.7 Å². The van der Waals surface area contributed by atoms with Gasteiger partial charge in [0.15, 0.2) is 0 Å². The topological polar surface area (TPSA) is 73.1 Å². The summed E-state index contributed by atoms with van der Waals surface area (Å²) < 4.78 is 5.01. The highest BCUT2D eigenvalue weighted by Crippen LogP contribution is 2.17. The number of rotatable bonds is 5. The third kappa shape index (κ3) is 2.65. The highest BCUT2D eigenvalue weighted by molar-refractivity contribution is 5.16. The van der Waals surface area contributed by atoms with Gasteiger partial charge in [-0.3, -0.25) is 11.3 Å². The molecule has 3 N–H and O–H groups in total. The van der Waals surface area contributed by atoms with Crippen LogP contribution in [-0.2, 0) is 0 Å². The molecule has 1 unspecified atom stereocenters. The second kappa shape index (κ2) is 5.51. The van der Waals surface area contributed by atoms with Gasteiger partial charge in [0.1, 0.15) is 6.33 Å². The van der Waals surface area contributed by atoms with Gasteiger partial charge in [0.25, 0.3) is 0 Å². The Balaban J connectivity index is 2.80. The van der Waals surface area contributed by atoms with E-state index >= 15 is 0 Å². The molecule has 0 fully saturated rings. The summed E-state index contributed by atoms with van der Waals surface area (Å²) in [7, 11) is 1.58. The fourth-order valence-corrected chi connectivity index (χ4v) is 1.26. The van der Waals surface area contributed by atoms with Crippen LogP contribution >= 0.6 is 0 Å². The van der Waals surface area contributed by atoms with Crippen LogP contribution in [0.15, 0.2) is 12.4 Å². The summed E-state index contributed by atoms with van der Waals surface area (Å²) in [5.74, 6) is 5.99. The third-order valence-corrected chi connectivity index (χ3v) is 2.01. The molecule has 0 bridgehead atoms. The zero-order valence-electron chi connectivity index (χ0n) is 8.53. The smallest absolute Gasteiger partial charge is 0.216 e. The quantitative estimate of drug-likeness (QED) is 0.538. The average molecular weight is 196 g/mol. The molecule has 1 heterocycles. The van der Waals surface area contributed by atoms with Crippen LogP contribution < -0.4 is 16.0 Å². The predicted octanol–water partition coefficient (Wildman–Crippen LogP) is 0.790. The van der Waals surface area contributed by atoms with Gasteiger partial charge in [-0.05, 0) is 6.42 Å². The molecule has 1 rings (SSSR count). The third-order valence-electron chi connectivity index (χ3n) is 2.01. The van der Waals surface area contributed by atoms with Gasteiger partial charge in [0, 0.05) is 6.07 Å². The van der Waals surface area contributed by atoms with Gasteiger partial charge in [0.05, 0.1) is 18.8 Å². The van der Waals surface area contributed by atoms with E-state index in [0.29, 0.717) is 5.88 Å². The summed E-state index contributed by atoms with van der Waals surface area (Å²) in [5.41, 5.74) is 3.59. The molecule has 0 spiro atoms. The van der Waals surface area contributed by atoms with Gasteiger partial charge in [-0.2, -0.15) is 0 Å². The fourth-order valence-electron chi connectivity index (χ4n) is 1.26. The number of hydrogen-bond acceptors (Lipinski definition) is 5. The molecule has 0 aliphatic rings. The second-order valence-electron chi connectivity index (χ2n) is 2.99. The minimum Gasteiger partial charge on any atom is -0.481 e. The first-order valence-electron chi connectivity index (χ1n) is 4.63. The number of aromatic nitrogens is 2. The molecule has 14 heavy (non-hydrogen) atoms. The zero-order chi connectivity index (χ0) is 10.4. The number of ether oxygens (including phenoxy) is 1. The van der Waals surface area contributed by atoms with Gasteiger partial charge < -0.3 is 4.74 Å². The first-order chi connectivity index (χ1) is 6.81. The summed E-state index contributed by atoms with van der Waals surface area (Å²) in [5, 5.41) is 0. The van der Waals surface area contributed by atoms with Crippen LogP contribution in [0.2, 0.25) is 0 Å². The van der Waals surface area contributed by atoms with E-state index in [4.69, 9.17) is 10.6 Å². The minimum atomic E-state index is 0.0666. The molecule has 0 aliphatic heterocycles. The molecule has 0 aliphatic carbocycles. The standard InChI is InChI=1S/C9H16N4O/c1-3-4-7(13-10)8-5-9(14-2)12-6-11-8/h5-7,13H,3-4,10H2,1-2H3. The first kappa shape index (κ1) is 10.9. The molecule has 1 aromatic heterocycles. The summed E-state index contributed by atoms with van der Waals surface area (Å²) >= 11 is 0. The van der Waals surface area contributed by atoms with Crippen molar-refractivity contribution in [2.45, 2.75) is 25.8 Å². The molecule has 1 aromatic rings. The Kier molecular flexibility index (Phi) is 4.28. The van der Waals surface area contributed by atoms with Crippen LogP contribution in [-0.4, -0.2) is 17.1 Å². The van der Waals surface area contributed by atoms with E-state index in [0.717, 1.165) is 18.5 Å². The van der Waals surface area contributed by atoms with E-state index in [-0.39, 0.29) is 6.04 Å². The number of nitrogens with one attached hydrogen (secondary N) is 1. The largest absolute Gasteiger partial charge is 0.481 e. The monoisotopic (exact) mass is 196 g/mol. The summed E-state index contributed by atoms with van der Waals surface area (Å²) in [6, 6.07) is 1.86. The van der Waals surface area contributed by atoms with E-state index in [2.05, 4.69) is 22.3 Å². The molecular formula is C9H16N4O. The lowest BCUT2D eigenvalue weighted by Gasteiger charge is -2.14. The fraction of sp³-hybridized carbons (Fsp3) is 0.556. The molecule has 1 atom stereocenters. The van der Waals surface area contributed by atoms with Crippen molar-refractivity contribution < 1.29 is 4.74 Å². The predicted molar refractivity (Wildman–Crippen MR) is 53.6 cm³/mol. The van der Waals surface area contributed by atoms with Crippen LogP contribution in [0.25, 0.3) is 0 Å². The molecule has 5 heteroatoms. The van der Waals surface area contributed by atoms with Crippen LogP contribution in [0.4, 0.5) is 0 Å². The minimum absolute atomic E-state index is 0.0666. The van der Waals surface area contributed by atoms with Crippen molar-refractivity contribution in [3.8, 4) is 5.88 Å². The van der Waals surface area contributed by atoms with Gasteiger partial charge in [0.2, 0.25) is 5.88 Å². The number of hydrazine groups is 1. The van der Waals surface area contributed by atoms with Crippen molar-refractivity contribution in [1.29, 1.82) is 0 Å². The van der Waals surface area contributed by atoms with Crippen LogP contribution in [0.1, 0.15) is 31.5 Å². The van der Waals surface area contributed by atoms with Crippen LogP contribution in [0.3, 0.4) is 0 Å². The number of nitrogens with zero attached hydrogens (tertiary/aromatic N) is 2. The Morgan fingerprint density at radius 3 is 2.93 bits per heavy atom. The molecule has 0 radical (unpaired) electrons. The molecule has 0 saturated heterocycles. The van der Waals surface area contributed by atoms with E-state index < -0.39 is 0 Å². The Morgan fingerprint density at radius 1 is 1.57 bits per heavy atom. The molecule has 0 amide bonds. The highest BCUT2D eigenvalue weighted by Gasteiger charge is 2.10. The maximum absolute atomic E-state index is 5.43. The molecule has 78 valence electrons. The lowest BCUT2D eigenvalue weighted by atomic mass is 10.1. The second-order valence-corrected chi connectivity index (χ2v) is 2.99. The summed E-state index contributed by atoms with van der Waals surface area (Å²) in [6.07, 6.45) is 3.46. The van der Waals surface area contributed by atoms with Crippen LogP contribution in [0, 0.1) is 0 Å². The van der Waals surface area contributed by atoms with Crippen LogP contribution in [0.5, 0.6) is 5.88 Å². The van der Waals surface area contributed by atoms with Gasteiger partial charge in [-0.25, -0.2) is 9.97 Å². The van der Waals surface area contributed by atoms with Gasteiger partial charge >= 0.3 is 0 Å². The van der Waals surface area contributed by atoms with E-state index in [9.17, 15) is 0 Å². The van der Waals surface area contributed by atoms with Crippen molar-refractivity contribution in [3.63, 3.8) is 0 Å². The molecule has 0 aromatic carbocycles. The lowest BCUT2D eigenvalue weighted by molar-refractivity contribution is 0.393. The van der Waals surface area contributed by atoms with E-state index in [1.54, 1.807) is 13.2 Å². The van der Waals surface area contributed by atoms with Crippen molar-refractivity contribution in [1.82, 2.24) is 15.4 Å². The number of methoxy groups -OCH3 is 1. The van der Waals surface area contributed by atoms with Gasteiger partial charge in [-0.1, -0.05) is 13.3 Å². The van der Waals surface area contributed by atoms with Gasteiger partial charge in [-0.15, -0.1) is 0 Å². The normalized spacial score (nSPS) is 12.5. The molecule has 0 saturated carbocycles. The Morgan fingerprint density at radius 2 is 2.36 bits per heavy atom. The Bertz CT molecular complexity index is 279. The van der Waals surface area contributed by atoms with E-state index in [1.807, 2.05) is 0 Å². The average Bonchev–Trinajstić information content (AvgIpc) is 2.26. The molecule has 5 nitrogen and oxygen atoms in total.